The Morgan fingerprint density at radius 1 is 1.42 bits per heavy atom. The van der Waals surface area contributed by atoms with Gasteiger partial charge in [0.2, 0.25) is 0 Å². The molecule has 0 bridgehead atoms. The first-order chi connectivity index (χ1) is 11.0. The van der Waals surface area contributed by atoms with Crippen molar-refractivity contribution in [2.45, 2.75) is 26.1 Å². The number of nitro groups is 1. The normalized spacial score (nSPS) is 23.2. The van der Waals surface area contributed by atoms with E-state index < -0.39 is 41.5 Å². The molecule has 1 aliphatic heterocycles. The molecule has 3 atom stereocenters. The predicted octanol–water partition coefficient (Wildman–Crippen LogP) is 3.16. The molecule has 1 heterocycles. The number of carboxylic acid groups (broad SMARTS) is 1. The lowest BCUT2D eigenvalue weighted by Crippen LogP contribution is -2.33. The maximum absolute atomic E-state index is 13.1. The number of hydrogen-bond donors (Lipinski definition) is 1. The van der Waals surface area contributed by atoms with Gasteiger partial charge in [0.05, 0.1) is 16.8 Å². The Bertz CT molecular complexity index is 663. The van der Waals surface area contributed by atoms with Crippen molar-refractivity contribution in [3.05, 3.63) is 39.4 Å². The summed E-state index contributed by atoms with van der Waals surface area (Å²) in [6.07, 6.45) is -4.60. The van der Waals surface area contributed by atoms with Gasteiger partial charge >= 0.3 is 12.1 Å². The quantitative estimate of drug-likeness (QED) is 0.669. The van der Waals surface area contributed by atoms with Crippen LogP contribution in [-0.4, -0.2) is 40.2 Å². The first kappa shape index (κ1) is 18.2. The van der Waals surface area contributed by atoms with Gasteiger partial charge in [-0.2, -0.15) is 13.2 Å². The number of aryl methyl sites for hydroxylation is 1. The summed E-state index contributed by atoms with van der Waals surface area (Å²) in [5.41, 5.74) is 1.08. The molecule has 1 saturated heterocycles. The summed E-state index contributed by atoms with van der Waals surface area (Å²) in [6, 6.07) is 3.64. The topological polar surface area (TPSA) is 83.7 Å². The van der Waals surface area contributed by atoms with Crippen LogP contribution in [-0.2, 0) is 4.79 Å². The maximum Gasteiger partial charge on any atom is 0.393 e. The predicted molar refractivity (Wildman–Crippen MR) is 78.5 cm³/mol. The highest BCUT2D eigenvalue weighted by Gasteiger charge is 2.53. The average molecular weight is 346 g/mol. The van der Waals surface area contributed by atoms with Crippen LogP contribution in [0.4, 0.5) is 18.9 Å². The van der Waals surface area contributed by atoms with Crippen molar-refractivity contribution in [2.24, 2.45) is 11.8 Å². The molecule has 1 fully saturated rings. The molecule has 0 aliphatic carbocycles. The first-order valence-corrected chi connectivity index (χ1v) is 7.31. The maximum atomic E-state index is 13.1. The van der Waals surface area contributed by atoms with E-state index in [1.807, 2.05) is 0 Å². The number of carbonyl (C=O) groups is 1. The Morgan fingerprint density at radius 2 is 2.04 bits per heavy atom. The Kier molecular flexibility index (Phi) is 4.84. The van der Waals surface area contributed by atoms with Crippen LogP contribution in [0.1, 0.15) is 24.1 Å². The third-order valence-electron chi connectivity index (χ3n) is 4.56. The van der Waals surface area contributed by atoms with Gasteiger partial charge in [-0.05, 0) is 25.0 Å². The average Bonchev–Trinajstić information content (AvgIpc) is 2.92. The number of likely N-dealkylation sites (tertiary alicyclic amines) is 1. The molecule has 1 aromatic carbocycles. The van der Waals surface area contributed by atoms with Gasteiger partial charge in [-0.25, -0.2) is 0 Å². The van der Waals surface area contributed by atoms with Crippen molar-refractivity contribution >= 4 is 11.7 Å². The molecule has 1 aliphatic rings. The number of halogens is 3. The number of alkyl halides is 3. The van der Waals surface area contributed by atoms with Crippen LogP contribution in [0.5, 0.6) is 0 Å². The fourth-order valence-corrected chi connectivity index (χ4v) is 3.12. The number of nitrogens with zero attached hydrogens (tertiary/aromatic N) is 2. The van der Waals surface area contributed by atoms with Crippen molar-refractivity contribution in [3.8, 4) is 0 Å². The molecule has 0 spiro atoms. The molecule has 1 N–H and O–H groups in total. The fourth-order valence-electron chi connectivity index (χ4n) is 3.12. The molecule has 2 rings (SSSR count). The third kappa shape index (κ3) is 3.50. The third-order valence-corrected chi connectivity index (χ3v) is 4.56. The summed E-state index contributed by atoms with van der Waals surface area (Å²) in [6.45, 7) is 2.65. The largest absolute Gasteiger partial charge is 0.481 e. The summed E-state index contributed by atoms with van der Waals surface area (Å²) in [5, 5.41) is 20.0. The molecule has 0 amide bonds. The van der Waals surface area contributed by atoms with Crippen LogP contribution in [0.3, 0.4) is 0 Å². The molecule has 1 unspecified atom stereocenters. The Hall–Kier alpha value is -2.16. The number of nitro benzene ring substituents is 1. The minimum absolute atomic E-state index is 0.149. The molecule has 132 valence electrons. The molecule has 1 aromatic rings. The summed E-state index contributed by atoms with van der Waals surface area (Å²) in [7, 11) is 0. The molecular formula is C15H17F3N2O4. The number of carboxylic acids is 1. The second kappa shape index (κ2) is 6.39. The smallest absolute Gasteiger partial charge is 0.393 e. The van der Waals surface area contributed by atoms with Gasteiger partial charge in [-0.1, -0.05) is 6.07 Å². The Morgan fingerprint density at radius 3 is 2.50 bits per heavy atom. The van der Waals surface area contributed by atoms with Gasteiger partial charge in [-0.15, -0.1) is 0 Å². The minimum atomic E-state index is -4.60. The Labute approximate surface area is 136 Å². The lowest BCUT2D eigenvalue weighted by atomic mass is 9.96. The first-order valence-electron chi connectivity index (χ1n) is 7.31. The number of non-ortho nitro benzene ring substituents is 1. The van der Waals surface area contributed by atoms with Gasteiger partial charge in [0.15, 0.2) is 0 Å². The van der Waals surface area contributed by atoms with Gasteiger partial charge in [0.1, 0.15) is 0 Å². The number of aliphatic carboxylic acids is 1. The monoisotopic (exact) mass is 346 g/mol. The van der Waals surface area contributed by atoms with Crippen molar-refractivity contribution in [3.63, 3.8) is 0 Å². The van der Waals surface area contributed by atoms with E-state index in [-0.39, 0.29) is 12.2 Å². The molecule has 9 heteroatoms. The lowest BCUT2D eigenvalue weighted by molar-refractivity contribution is -0.385. The van der Waals surface area contributed by atoms with Crippen LogP contribution >= 0.6 is 0 Å². The van der Waals surface area contributed by atoms with Gasteiger partial charge < -0.3 is 5.11 Å². The summed E-state index contributed by atoms with van der Waals surface area (Å²) in [4.78, 5) is 22.9. The van der Waals surface area contributed by atoms with Crippen molar-refractivity contribution < 1.29 is 28.0 Å². The van der Waals surface area contributed by atoms with Crippen LogP contribution in [0.15, 0.2) is 18.2 Å². The van der Waals surface area contributed by atoms with E-state index in [0.717, 1.165) is 0 Å². The minimum Gasteiger partial charge on any atom is -0.481 e. The second-order valence-corrected chi connectivity index (χ2v) is 6.02. The van der Waals surface area contributed by atoms with Gasteiger partial charge in [-0.3, -0.25) is 19.8 Å². The SMILES string of the molecule is Cc1ccc([N+](=O)[O-])cc1C(C)N1C[C@@H](C(F)(F)F)[C@H](C(=O)O)C1. The molecule has 0 saturated carbocycles. The van der Waals surface area contributed by atoms with Crippen molar-refractivity contribution in [1.29, 1.82) is 0 Å². The van der Waals surface area contributed by atoms with Crippen LogP contribution in [0.25, 0.3) is 0 Å². The molecular weight excluding hydrogens is 329 g/mol. The van der Waals surface area contributed by atoms with E-state index in [4.69, 9.17) is 5.11 Å². The van der Waals surface area contributed by atoms with Gasteiger partial charge in [0, 0.05) is 31.3 Å². The van der Waals surface area contributed by atoms with E-state index in [1.54, 1.807) is 13.8 Å². The zero-order valence-electron chi connectivity index (χ0n) is 13.1. The summed E-state index contributed by atoms with van der Waals surface area (Å²) < 4.78 is 39.2. The second-order valence-electron chi connectivity index (χ2n) is 6.02. The molecule has 6 nitrogen and oxygen atoms in total. The molecule has 0 aromatic heterocycles. The van der Waals surface area contributed by atoms with E-state index in [9.17, 15) is 28.1 Å². The van der Waals surface area contributed by atoms with E-state index in [2.05, 4.69) is 0 Å². The van der Waals surface area contributed by atoms with E-state index in [1.165, 1.54) is 23.1 Å². The van der Waals surface area contributed by atoms with Gasteiger partial charge in [0.25, 0.3) is 5.69 Å². The van der Waals surface area contributed by atoms with Crippen LogP contribution < -0.4 is 0 Å². The number of rotatable bonds is 4. The number of benzene rings is 1. The van der Waals surface area contributed by atoms with Crippen LogP contribution in [0, 0.1) is 28.9 Å². The van der Waals surface area contributed by atoms with Crippen molar-refractivity contribution in [1.82, 2.24) is 4.90 Å². The van der Waals surface area contributed by atoms with Crippen LogP contribution in [0.2, 0.25) is 0 Å². The van der Waals surface area contributed by atoms with E-state index in [0.29, 0.717) is 11.1 Å². The zero-order chi connectivity index (χ0) is 18.2. The highest BCUT2D eigenvalue weighted by atomic mass is 19.4. The molecule has 0 radical (unpaired) electrons. The Balaban J connectivity index is 2.31. The lowest BCUT2D eigenvalue weighted by Gasteiger charge is -2.26. The molecule has 24 heavy (non-hydrogen) atoms. The number of hydrogen-bond acceptors (Lipinski definition) is 4. The standard InChI is InChI=1S/C15H17F3N2O4/c1-8-3-4-10(20(23)24)5-11(8)9(2)19-6-12(14(21)22)13(7-19)15(16,17)18/h3-5,9,12-13H,6-7H2,1-2H3,(H,21,22)/t9?,12-,13-/m1/s1. The highest BCUT2D eigenvalue weighted by molar-refractivity contribution is 5.71. The fraction of sp³-hybridized carbons (Fsp3) is 0.533. The zero-order valence-corrected chi connectivity index (χ0v) is 13.1. The summed E-state index contributed by atoms with van der Waals surface area (Å²) >= 11 is 0. The van der Waals surface area contributed by atoms with Crippen molar-refractivity contribution in [2.75, 3.05) is 13.1 Å². The highest BCUT2D eigenvalue weighted by Crippen LogP contribution is 2.41. The van der Waals surface area contributed by atoms with E-state index >= 15 is 0 Å². The summed E-state index contributed by atoms with van der Waals surface area (Å²) in [5.74, 6) is -4.97.